The van der Waals surface area contributed by atoms with Gasteiger partial charge in [-0.25, -0.2) is 9.97 Å². The number of methoxy groups -OCH3 is 1. The van der Waals surface area contributed by atoms with Crippen molar-refractivity contribution < 1.29 is 4.74 Å². The summed E-state index contributed by atoms with van der Waals surface area (Å²) in [6.45, 7) is 1.69. The Morgan fingerprint density at radius 1 is 1.29 bits per heavy atom. The van der Waals surface area contributed by atoms with Crippen LogP contribution in [0.1, 0.15) is 11.5 Å². The summed E-state index contributed by atoms with van der Waals surface area (Å²) >= 11 is 16.8. The van der Waals surface area contributed by atoms with E-state index in [1.165, 1.54) is 7.11 Å². The Hall–Kier alpha value is -0.450. The van der Waals surface area contributed by atoms with E-state index in [0.717, 1.165) is 0 Å². The van der Waals surface area contributed by atoms with Gasteiger partial charge in [0.1, 0.15) is 0 Å². The van der Waals surface area contributed by atoms with Crippen LogP contribution in [0.15, 0.2) is 0 Å². The van der Waals surface area contributed by atoms with E-state index < -0.39 is 3.79 Å². The average Bonchev–Trinajstić information content (AvgIpc) is 2.01. The molecule has 0 aliphatic carbocycles. The van der Waals surface area contributed by atoms with E-state index in [-0.39, 0.29) is 11.6 Å². The van der Waals surface area contributed by atoms with Gasteiger partial charge in [-0.15, -0.1) is 0 Å². The zero-order valence-electron chi connectivity index (χ0n) is 7.51. The number of alkyl halides is 3. The van der Waals surface area contributed by atoms with Gasteiger partial charge in [-0.05, 0) is 6.92 Å². The highest BCUT2D eigenvalue weighted by molar-refractivity contribution is 6.66. The molecule has 0 spiro atoms. The monoisotopic (exact) mass is 255 g/mol. The smallest absolute Gasteiger partial charge is 0.250 e. The van der Waals surface area contributed by atoms with Gasteiger partial charge in [0.2, 0.25) is 3.79 Å². The second-order valence-corrected chi connectivity index (χ2v) is 4.83. The third-order valence-corrected chi connectivity index (χ3v) is 2.03. The first-order valence-corrected chi connectivity index (χ1v) is 4.75. The minimum atomic E-state index is -1.68. The number of nitrogen functional groups attached to an aromatic ring is 1. The van der Waals surface area contributed by atoms with Gasteiger partial charge in [-0.2, -0.15) is 0 Å². The van der Waals surface area contributed by atoms with Crippen molar-refractivity contribution in [2.24, 2.45) is 0 Å². The molecule has 0 saturated heterocycles. The van der Waals surface area contributed by atoms with Crippen molar-refractivity contribution in [3.63, 3.8) is 0 Å². The minimum Gasteiger partial charge on any atom is -0.491 e. The molecule has 0 unspecified atom stereocenters. The molecule has 0 saturated carbocycles. The molecule has 0 atom stereocenters. The average molecular weight is 257 g/mol. The molecule has 7 heteroatoms. The fourth-order valence-corrected chi connectivity index (χ4v) is 1.22. The molecule has 1 aromatic heterocycles. The third kappa shape index (κ3) is 2.32. The first-order chi connectivity index (χ1) is 6.36. The molecule has 4 nitrogen and oxygen atoms in total. The predicted molar refractivity (Wildman–Crippen MR) is 57.0 cm³/mol. The summed E-state index contributed by atoms with van der Waals surface area (Å²) in [5, 5.41) is 0. The van der Waals surface area contributed by atoms with Crippen molar-refractivity contribution >= 4 is 40.6 Å². The van der Waals surface area contributed by atoms with Crippen LogP contribution in [-0.4, -0.2) is 17.1 Å². The molecule has 2 N–H and O–H groups in total. The van der Waals surface area contributed by atoms with E-state index in [9.17, 15) is 0 Å². The van der Waals surface area contributed by atoms with E-state index in [0.29, 0.717) is 11.4 Å². The molecule has 0 aliphatic rings. The SMILES string of the molecule is COc1c(C)nc(C(Cl)(Cl)Cl)nc1N. The lowest BCUT2D eigenvalue weighted by Gasteiger charge is -2.13. The first kappa shape index (κ1) is 11.6. The van der Waals surface area contributed by atoms with Crippen LogP contribution >= 0.6 is 34.8 Å². The van der Waals surface area contributed by atoms with Crippen LogP contribution in [0.4, 0.5) is 5.82 Å². The number of aryl methyl sites for hydroxylation is 1. The molecule has 14 heavy (non-hydrogen) atoms. The second-order valence-electron chi connectivity index (χ2n) is 2.55. The molecule has 0 fully saturated rings. The number of rotatable bonds is 1. The van der Waals surface area contributed by atoms with E-state index in [4.69, 9.17) is 45.3 Å². The lowest BCUT2D eigenvalue weighted by atomic mass is 10.4. The van der Waals surface area contributed by atoms with Crippen molar-refractivity contribution in [1.29, 1.82) is 0 Å². The van der Waals surface area contributed by atoms with Crippen molar-refractivity contribution in [2.45, 2.75) is 10.7 Å². The maximum atomic E-state index is 5.61. The molecule has 78 valence electrons. The molecule has 1 aromatic rings. The maximum absolute atomic E-state index is 5.61. The Morgan fingerprint density at radius 3 is 2.21 bits per heavy atom. The molecular formula is C7H8Cl3N3O. The van der Waals surface area contributed by atoms with Crippen molar-refractivity contribution in [1.82, 2.24) is 9.97 Å². The highest BCUT2D eigenvalue weighted by Gasteiger charge is 2.28. The summed E-state index contributed by atoms with van der Waals surface area (Å²) in [5.74, 6) is 0.586. The zero-order valence-corrected chi connectivity index (χ0v) is 9.78. The molecule has 1 heterocycles. The van der Waals surface area contributed by atoms with E-state index in [1.54, 1.807) is 6.92 Å². The van der Waals surface area contributed by atoms with Crippen molar-refractivity contribution in [2.75, 3.05) is 12.8 Å². The fraction of sp³-hybridized carbons (Fsp3) is 0.429. The molecule has 0 amide bonds. The van der Waals surface area contributed by atoms with Crippen LogP contribution in [-0.2, 0) is 3.79 Å². The number of hydrogen-bond donors (Lipinski definition) is 1. The molecule has 1 rings (SSSR count). The number of anilines is 1. The zero-order chi connectivity index (χ0) is 10.9. The van der Waals surface area contributed by atoms with Gasteiger partial charge in [-0.3, -0.25) is 0 Å². The largest absolute Gasteiger partial charge is 0.491 e. The van der Waals surface area contributed by atoms with Gasteiger partial charge in [0.15, 0.2) is 17.4 Å². The lowest BCUT2D eigenvalue weighted by Crippen LogP contribution is -2.11. The van der Waals surface area contributed by atoms with Gasteiger partial charge < -0.3 is 10.5 Å². The Bertz CT molecular complexity index is 328. The standard InChI is InChI=1S/C7H8Cl3N3O/c1-3-4(14-2)5(11)13-6(12-3)7(8,9)10/h1-2H3,(H2,11,12,13). The van der Waals surface area contributed by atoms with Gasteiger partial charge in [0.05, 0.1) is 12.8 Å². The predicted octanol–water partition coefficient (Wildman–Crippen LogP) is 2.20. The number of nitrogens with two attached hydrogens (primary N) is 1. The van der Waals surface area contributed by atoms with Crippen molar-refractivity contribution in [3.8, 4) is 5.75 Å². The van der Waals surface area contributed by atoms with Gasteiger partial charge >= 0.3 is 0 Å². The van der Waals surface area contributed by atoms with Crippen LogP contribution < -0.4 is 10.5 Å². The summed E-state index contributed by atoms with van der Waals surface area (Å²) in [5.41, 5.74) is 6.11. The van der Waals surface area contributed by atoms with E-state index in [2.05, 4.69) is 9.97 Å². The number of nitrogens with zero attached hydrogens (tertiary/aromatic N) is 2. The molecule has 0 bridgehead atoms. The molecule has 0 radical (unpaired) electrons. The molecular weight excluding hydrogens is 248 g/mol. The highest BCUT2D eigenvalue weighted by Crippen LogP contribution is 2.37. The third-order valence-electron chi connectivity index (χ3n) is 1.52. The van der Waals surface area contributed by atoms with E-state index >= 15 is 0 Å². The van der Waals surface area contributed by atoms with E-state index in [1.807, 2.05) is 0 Å². The number of hydrogen-bond acceptors (Lipinski definition) is 4. The van der Waals surface area contributed by atoms with Crippen LogP contribution in [0.5, 0.6) is 5.75 Å². The first-order valence-electron chi connectivity index (χ1n) is 3.61. The second kappa shape index (κ2) is 3.96. The topological polar surface area (TPSA) is 61.0 Å². The number of halogens is 3. The summed E-state index contributed by atoms with van der Waals surface area (Å²) in [7, 11) is 1.47. The Balaban J connectivity index is 3.28. The Morgan fingerprint density at radius 2 is 1.86 bits per heavy atom. The van der Waals surface area contributed by atoms with Gasteiger partial charge in [-0.1, -0.05) is 34.8 Å². The van der Waals surface area contributed by atoms with Crippen LogP contribution in [0, 0.1) is 6.92 Å². The summed E-state index contributed by atoms with van der Waals surface area (Å²) < 4.78 is 3.29. The number of ether oxygens (including phenoxy) is 1. The molecule has 0 aliphatic heterocycles. The van der Waals surface area contributed by atoms with Crippen LogP contribution in [0.2, 0.25) is 0 Å². The minimum absolute atomic E-state index is 0.0401. The normalized spacial score (nSPS) is 11.5. The summed E-state index contributed by atoms with van der Waals surface area (Å²) in [6, 6.07) is 0. The number of aromatic nitrogens is 2. The van der Waals surface area contributed by atoms with Crippen LogP contribution in [0.3, 0.4) is 0 Å². The highest BCUT2D eigenvalue weighted by atomic mass is 35.6. The Kier molecular flexibility index (Phi) is 3.29. The molecule has 0 aromatic carbocycles. The van der Waals surface area contributed by atoms with Crippen LogP contribution in [0.25, 0.3) is 0 Å². The summed E-state index contributed by atoms with van der Waals surface area (Å²) in [6.07, 6.45) is 0. The summed E-state index contributed by atoms with van der Waals surface area (Å²) in [4.78, 5) is 7.79. The Labute approximate surface area is 96.3 Å². The lowest BCUT2D eigenvalue weighted by molar-refractivity contribution is 0.409. The maximum Gasteiger partial charge on any atom is 0.250 e. The quantitative estimate of drug-likeness (QED) is 0.783. The van der Waals surface area contributed by atoms with Crippen molar-refractivity contribution in [3.05, 3.63) is 11.5 Å². The van der Waals surface area contributed by atoms with Gasteiger partial charge in [0, 0.05) is 0 Å². The van der Waals surface area contributed by atoms with Gasteiger partial charge in [0.25, 0.3) is 0 Å². The fourth-order valence-electron chi connectivity index (χ4n) is 0.964.